The van der Waals surface area contributed by atoms with Crippen LogP contribution in [0.4, 0.5) is 17.1 Å². The Hall–Kier alpha value is -6.38. The molecule has 8 aromatic carbocycles. The predicted octanol–water partition coefficient (Wildman–Crippen LogP) is 13.4. The zero-order valence-electron chi connectivity index (χ0n) is 28.7. The molecule has 9 aromatic rings. The second-order valence-electron chi connectivity index (χ2n) is 14.2. The number of fused-ring (bicyclic) bond motifs is 8. The Bertz CT molecular complexity index is 2750. The van der Waals surface area contributed by atoms with E-state index in [1.54, 1.807) is 0 Å². The van der Waals surface area contributed by atoms with Crippen LogP contribution in [-0.2, 0) is 5.41 Å². The standard InChI is InChI=1S/C49H36N2/c1-49(2)44-29-23-35-15-9-10-18-40(35)48(44)42-28-26-39(32-45(42)49)50(37-24-21-34(22-25-37)33-13-5-3-6-14-33)38-27-30-47-43(31-38)41-19-11-12-20-46(41)51(47)36-16-7-4-8-17-36/h3-32H,1-2H3. The maximum atomic E-state index is 2.44. The van der Waals surface area contributed by atoms with E-state index in [1.165, 1.54) is 66.0 Å². The fourth-order valence-electron chi connectivity index (χ4n) is 8.47. The summed E-state index contributed by atoms with van der Waals surface area (Å²) in [5.74, 6) is 0. The monoisotopic (exact) mass is 652 g/mol. The normalized spacial score (nSPS) is 13.1. The lowest BCUT2D eigenvalue weighted by Crippen LogP contribution is -2.16. The predicted molar refractivity (Wildman–Crippen MR) is 216 cm³/mol. The van der Waals surface area contributed by atoms with Gasteiger partial charge in [-0.3, -0.25) is 0 Å². The molecule has 0 radical (unpaired) electrons. The van der Waals surface area contributed by atoms with Crippen LogP contribution in [0.3, 0.4) is 0 Å². The van der Waals surface area contributed by atoms with Crippen molar-refractivity contribution in [2.75, 3.05) is 4.90 Å². The van der Waals surface area contributed by atoms with E-state index < -0.39 is 0 Å². The first-order valence-corrected chi connectivity index (χ1v) is 17.8. The lowest BCUT2D eigenvalue weighted by molar-refractivity contribution is 0.661. The summed E-state index contributed by atoms with van der Waals surface area (Å²) < 4.78 is 2.38. The van der Waals surface area contributed by atoms with Crippen molar-refractivity contribution in [2.24, 2.45) is 0 Å². The number of hydrogen-bond donors (Lipinski definition) is 0. The molecule has 10 rings (SSSR count). The van der Waals surface area contributed by atoms with Crippen LogP contribution < -0.4 is 4.90 Å². The van der Waals surface area contributed by atoms with Crippen LogP contribution in [0.2, 0.25) is 0 Å². The maximum Gasteiger partial charge on any atom is 0.0542 e. The molecule has 1 aliphatic carbocycles. The van der Waals surface area contributed by atoms with Gasteiger partial charge < -0.3 is 9.47 Å². The molecular weight excluding hydrogens is 617 g/mol. The summed E-state index contributed by atoms with van der Waals surface area (Å²) in [6.07, 6.45) is 0. The molecule has 0 amide bonds. The number of benzene rings is 8. The zero-order chi connectivity index (χ0) is 34.1. The Morgan fingerprint density at radius 3 is 1.84 bits per heavy atom. The molecule has 0 aliphatic heterocycles. The fourth-order valence-corrected chi connectivity index (χ4v) is 8.47. The maximum absolute atomic E-state index is 2.44. The summed E-state index contributed by atoms with van der Waals surface area (Å²) in [7, 11) is 0. The third-order valence-electron chi connectivity index (χ3n) is 11.0. The van der Waals surface area contributed by atoms with Crippen molar-refractivity contribution in [2.45, 2.75) is 19.3 Å². The van der Waals surface area contributed by atoms with E-state index in [1.807, 2.05) is 0 Å². The first kappa shape index (κ1) is 29.5. The van der Waals surface area contributed by atoms with Gasteiger partial charge in [0.1, 0.15) is 0 Å². The minimum absolute atomic E-state index is 0.138. The molecule has 51 heavy (non-hydrogen) atoms. The molecule has 2 nitrogen and oxygen atoms in total. The lowest BCUT2D eigenvalue weighted by Gasteiger charge is -2.28. The highest BCUT2D eigenvalue weighted by Gasteiger charge is 2.37. The van der Waals surface area contributed by atoms with Crippen LogP contribution in [0, 0.1) is 0 Å². The molecule has 1 aromatic heterocycles. The Balaban J connectivity index is 1.18. The van der Waals surface area contributed by atoms with Crippen LogP contribution in [0.15, 0.2) is 182 Å². The third-order valence-corrected chi connectivity index (χ3v) is 11.0. The SMILES string of the molecule is CC1(C)c2cc(N(c3ccc(-c4ccccc4)cc3)c3ccc4c(c3)c3ccccc3n4-c3ccccc3)ccc2-c2c1ccc1ccccc21. The van der Waals surface area contributed by atoms with Gasteiger partial charge in [-0.25, -0.2) is 0 Å². The van der Waals surface area contributed by atoms with E-state index >= 15 is 0 Å². The highest BCUT2D eigenvalue weighted by molar-refractivity contribution is 6.11. The van der Waals surface area contributed by atoms with Gasteiger partial charge >= 0.3 is 0 Å². The summed E-state index contributed by atoms with van der Waals surface area (Å²) in [5, 5.41) is 5.09. The number of para-hydroxylation sites is 2. The second-order valence-corrected chi connectivity index (χ2v) is 14.2. The van der Waals surface area contributed by atoms with Crippen LogP contribution >= 0.6 is 0 Å². The van der Waals surface area contributed by atoms with E-state index in [2.05, 4.69) is 205 Å². The number of nitrogens with zero attached hydrogens (tertiary/aromatic N) is 2. The van der Waals surface area contributed by atoms with Crippen LogP contribution in [0.5, 0.6) is 0 Å². The first-order chi connectivity index (χ1) is 25.1. The van der Waals surface area contributed by atoms with Gasteiger partial charge in [-0.15, -0.1) is 0 Å². The summed E-state index contributed by atoms with van der Waals surface area (Å²) in [5.41, 5.74) is 14.7. The van der Waals surface area contributed by atoms with Crippen LogP contribution in [0.25, 0.3) is 60.5 Å². The Morgan fingerprint density at radius 2 is 1.04 bits per heavy atom. The van der Waals surface area contributed by atoms with Crippen molar-refractivity contribution in [1.82, 2.24) is 4.57 Å². The summed E-state index contributed by atoms with van der Waals surface area (Å²) in [6.45, 7) is 4.75. The number of anilines is 3. The lowest BCUT2D eigenvalue weighted by atomic mass is 9.82. The minimum Gasteiger partial charge on any atom is -0.310 e. The first-order valence-electron chi connectivity index (χ1n) is 17.8. The Labute approximate surface area is 298 Å². The Morgan fingerprint density at radius 1 is 0.431 bits per heavy atom. The average molecular weight is 653 g/mol. The molecule has 0 saturated heterocycles. The minimum atomic E-state index is -0.138. The van der Waals surface area contributed by atoms with Crippen molar-refractivity contribution >= 4 is 49.6 Å². The molecular formula is C49H36N2. The van der Waals surface area contributed by atoms with Gasteiger partial charge in [0.25, 0.3) is 0 Å². The van der Waals surface area contributed by atoms with Crippen molar-refractivity contribution in [3.8, 4) is 27.9 Å². The molecule has 0 atom stereocenters. The average Bonchev–Trinajstić information content (AvgIpc) is 3.64. The van der Waals surface area contributed by atoms with Gasteiger partial charge in [-0.1, -0.05) is 135 Å². The van der Waals surface area contributed by atoms with E-state index in [9.17, 15) is 0 Å². The molecule has 0 N–H and O–H groups in total. The Kier molecular flexibility index (Phi) is 6.56. The highest BCUT2D eigenvalue weighted by Crippen LogP contribution is 2.53. The molecule has 0 saturated carbocycles. The van der Waals surface area contributed by atoms with E-state index in [4.69, 9.17) is 0 Å². The highest BCUT2D eigenvalue weighted by atomic mass is 15.1. The van der Waals surface area contributed by atoms with Crippen molar-refractivity contribution in [1.29, 1.82) is 0 Å². The molecule has 0 fully saturated rings. The van der Waals surface area contributed by atoms with Gasteiger partial charge in [0.15, 0.2) is 0 Å². The summed E-state index contributed by atoms with van der Waals surface area (Å²) in [4.78, 5) is 2.43. The van der Waals surface area contributed by atoms with E-state index in [0.717, 1.165) is 22.7 Å². The molecule has 1 heterocycles. The largest absolute Gasteiger partial charge is 0.310 e. The van der Waals surface area contributed by atoms with Crippen LogP contribution in [-0.4, -0.2) is 4.57 Å². The number of hydrogen-bond acceptors (Lipinski definition) is 1. The van der Waals surface area contributed by atoms with Crippen molar-refractivity contribution in [3.63, 3.8) is 0 Å². The van der Waals surface area contributed by atoms with Gasteiger partial charge in [0, 0.05) is 38.9 Å². The summed E-state index contributed by atoms with van der Waals surface area (Å²) >= 11 is 0. The van der Waals surface area contributed by atoms with Gasteiger partial charge in [-0.05, 0) is 105 Å². The van der Waals surface area contributed by atoms with Crippen molar-refractivity contribution in [3.05, 3.63) is 193 Å². The second kappa shape index (κ2) is 11.3. The van der Waals surface area contributed by atoms with E-state index in [-0.39, 0.29) is 5.41 Å². The van der Waals surface area contributed by atoms with E-state index in [0.29, 0.717) is 0 Å². The number of aromatic nitrogens is 1. The topological polar surface area (TPSA) is 8.17 Å². The van der Waals surface area contributed by atoms with Crippen molar-refractivity contribution < 1.29 is 0 Å². The molecule has 0 unspecified atom stereocenters. The fraction of sp³-hybridized carbons (Fsp3) is 0.0612. The van der Waals surface area contributed by atoms with Gasteiger partial charge in [-0.2, -0.15) is 0 Å². The quantitative estimate of drug-likeness (QED) is 0.180. The van der Waals surface area contributed by atoms with Crippen LogP contribution in [0.1, 0.15) is 25.0 Å². The summed E-state index contributed by atoms with van der Waals surface area (Å²) in [6, 6.07) is 66.6. The third kappa shape index (κ3) is 4.57. The smallest absolute Gasteiger partial charge is 0.0542 e. The van der Waals surface area contributed by atoms with Gasteiger partial charge in [0.2, 0.25) is 0 Å². The number of rotatable bonds is 5. The van der Waals surface area contributed by atoms with Gasteiger partial charge in [0.05, 0.1) is 11.0 Å². The molecule has 0 spiro atoms. The molecule has 1 aliphatic rings. The zero-order valence-corrected chi connectivity index (χ0v) is 28.7. The molecule has 242 valence electrons. The molecule has 0 bridgehead atoms. The molecule has 2 heteroatoms.